The quantitative estimate of drug-likeness (QED) is 0.577. The summed E-state index contributed by atoms with van der Waals surface area (Å²) in [7, 11) is 0. The third-order valence-electron chi connectivity index (χ3n) is 5.62. The molecule has 2 aliphatic heterocycles. The molecule has 0 bridgehead atoms. The van der Waals surface area contributed by atoms with Gasteiger partial charge in [0, 0.05) is 37.6 Å². The minimum atomic E-state index is -4.56. The molecule has 0 radical (unpaired) electrons. The molecule has 2 saturated heterocycles. The molecule has 0 atom stereocenters. The van der Waals surface area contributed by atoms with Crippen molar-refractivity contribution in [3.05, 3.63) is 58.7 Å². The monoisotopic (exact) mass is 531 g/mol. The highest BCUT2D eigenvalue weighted by Gasteiger charge is 2.33. The second-order valence-corrected chi connectivity index (χ2v) is 8.15. The van der Waals surface area contributed by atoms with Crippen LogP contribution in [0.1, 0.15) is 27.0 Å². The lowest BCUT2D eigenvalue weighted by Gasteiger charge is -2.29. The fourth-order valence-electron chi connectivity index (χ4n) is 3.75. The Hall–Kier alpha value is -3.50. The molecule has 2 aromatic rings. The number of hydrogen-bond acceptors (Lipinski definition) is 6. The third kappa shape index (κ3) is 7.74. The van der Waals surface area contributed by atoms with Crippen molar-refractivity contribution >= 4 is 17.3 Å². The van der Waals surface area contributed by atoms with Crippen molar-refractivity contribution in [2.24, 2.45) is 0 Å². The summed E-state index contributed by atoms with van der Waals surface area (Å²) < 4.78 is 86.6. The van der Waals surface area contributed by atoms with E-state index in [-0.39, 0.29) is 16.8 Å². The summed E-state index contributed by atoms with van der Waals surface area (Å²) in [6.07, 6.45) is -9.00. The van der Waals surface area contributed by atoms with Crippen LogP contribution >= 0.6 is 0 Å². The SMILES string of the molecule is N#Cc1cc(N2CCOCC2)cc(C(F)(F)F)c1.O=C(O)c1cc(N2CCOCC2)cc(C(F)(F)F)c1. The first-order valence-electron chi connectivity index (χ1n) is 11.1. The molecule has 1 N–H and O–H groups in total. The van der Waals surface area contributed by atoms with Crippen LogP contribution in [0.25, 0.3) is 0 Å². The van der Waals surface area contributed by atoms with Crippen LogP contribution in [0, 0.1) is 11.3 Å². The van der Waals surface area contributed by atoms with Gasteiger partial charge >= 0.3 is 18.3 Å². The lowest BCUT2D eigenvalue weighted by molar-refractivity contribution is -0.138. The maximum atomic E-state index is 12.7. The number of aromatic carboxylic acids is 1. The Bertz CT molecular complexity index is 1130. The van der Waals surface area contributed by atoms with Gasteiger partial charge in [-0.25, -0.2) is 4.79 Å². The molecule has 37 heavy (non-hydrogen) atoms. The van der Waals surface area contributed by atoms with Crippen LogP contribution in [0.4, 0.5) is 37.7 Å². The van der Waals surface area contributed by atoms with Gasteiger partial charge < -0.3 is 24.4 Å². The fourth-order valence-corrected chi connectivity index (χ4v) is 3.75. The molecule has 0 saturated carbocycles. The number of rotatable bonds is 3. The minimum Gasteiger partial charge on any atom is -0.478 e. The predicted molar refractivity (Wildman–Crippen MR) is 121 cm³/mol. The van der Waals surface area contributed by atoms with Gasteiger partial charge in [0.25, 0.3) is 0 Å². The molecular formula is C24H23F6N3O4. The second kappa shape index (κ2) is 11.7. The highest BCUT2D eigenvalue weighted by molar-refractivity contribution is 5.89. The number of nitrogens with zero attached hydrogens (tertiary/aromatic N) is 3. The summed E-state index contributed by atoms with van der Waals surface area (Å²) in [4.78, 5) is 14.4. The number of halogens is 6. The zero-order valence-electron chi connectivity index (χ0n) is 19.4. The molecule has 4 rings (SSSR count). The normalized spacial score (nSPS) is 16.5. The van der Waals surface area contributed by atoms with Gasteiger partial charge in [-0.05, 0) is 36.4 Å². The van der Waals surface area contributed by atoms with Gasteiger partial charge in [0.1, 0.15) is 0 Å². The van der Waals surface area contributed by atoms with Gasteiger partial charge in [-0.2, -0.15) is 31.6 Å². The van der Waals surface area contributed by atoms with Crippen molar-refractivity contribution in [3.63, 3.8) is 0 Å². The molecule has 2 aromatic carbocycles. The van der Waals surface area contributed by atoms with E-state index in [0.717, 1.165) is 18.2 Å². The van der Waals surface area contributed by atoms with E-state index >= 15 is 0 Å². The number of nitriles is 1. The summed E-state index contributed by atoms with van der Waals surface area (Å²) in [5.74, 6) is -1.37. The number of hydrogen-bond donors (Lipinski definition) is 1. The topological polar surface area (TPSA) is 86.0 Å². The number of ether oxygens (including phenoxy) is 2. The van der Waals surface area contributed by atoms with E-state index < -0.39 is 29.4 Å². The number of carboxylic acids is 1. The lowest BCUT2D eigenvalue weighted by atomic mass is 10.1. The van der Waals surface area contributed by atoms with E-state index in [1.807, 2.05) is 0 Å². The molecule has 13 heteroatoms. The summed E-state index contributed by atoms with van der Waals surface area (Å²) in [6.45, 7) is 3.76. The van der Waals surface area contributed by atoms with E-state index in [0.29, 0.717) is 64.4 Å². The van der Waals surface area contributed by atoms with Gasteiger partial charge in [0.05, 0.1) is 54.8 Å². The zero-order chi connectivity index (χ0) is 27.2. The lowest BCUT2D eigenvalue weighted by Crippen LogP contribution is -2.36. The highest BCUT2D eigenvalue weighted by Crippen LogP contribution is 2.34. The molecule has 0 spiro atoms. The Morgan fingerprint density at radius 3 is 1.59 bits per heavy atom. The maximum absolute atomic E-state index is 12.7. The average molecular weight is 531 g/mol. The molecule has 0 aromatic heterocycles. The van der Waals surface area contributed by atoms with Gasteiger partial charge in [0.15, 0.2) is 0 Å². The number of carboxylic acid groups (broad SMARTS) is 1. The Labute approximate surface area is 208 Å². The molecule has 2 aliphatic rings. The number of benzene rings is 2. The highest BCUT2D eigenvalue weighted by atomic mass is 19.4. The summed E-state index contributed by atoms with van der Waals surface area (Å²) in [5, 5.41) is 17.7. The van der Waals surface area contributed by atoms with Gasteiger partial charge in [-0.3, -0.25) is 0 Å². The van der Waals surface area contributed by atoms with Crippen molar-refractivity contribution in [2.75, 3.05) is 62.4 Å². The van der Waals surface area contributed by atoms with E-state index in [2.05, 4.69) is 0 Å². The van der Waals surface area contributed by atoms with Crippen molar-refractivity contribution in [3.8, 4) is 6.07 Å². The van der Waals surface area contributed by atoms with Gasteiger partial charge in [-0.15, -0.1) is 0 Å². The molecule has 2 fully saturated rings. The van der Waals surface area contributed by atoms with Gasteiger partial charge in [-0.1, -0.05) is 0 Å². The van der Waals surface area contributed by atoms with E-state index in [1.54, 1.807) is 15.9 Å². The third-order valence-corrected chi connectivity index (χ3v) is 5.62. The van der Waals surface area contributed by atoms with Crippen LogP contribution in [0.2, 0.25) is 0 Å². The standard InChI is InChI=1S/C12H11F3N2O.C12H12F3NO3/c13-12(14,15)10-5-9(8-16)6-11(7-10)17-1-3-18-4-2-17;13-12(14,15)9-5-8(11(17)18)6-10(7-9)16-1-3-19-4-2-16/h5-7H,1-4H2;5-7H,1-4H2,(H,17,18). The first kappa shape index (κ1) is 28.1. The number of carbonyl (C=O) groups is 1. The Morgan fingerprint density at radius 2 is 1.19 bits per heavy atom. The van der Waals surface area contributed by atoms with E-state index in [1.165, 1.54) is 12.1 Å². The van der Waals surface area contributed by atoms with Crippen LogP contribution in [-0.2, 0) is 21.8 Å². The van der Waals surface area contributed by atoms with Crippen LogP contribution in [0.5, 0.6) is 0 Å². The molecule has 0 unspecified atom stereocenters. The largest absolute Gasteiger partial charge is 0.478 e. The first-order chi connectivity index (χ1) is 17.4. The minimum absolute atomic E-state index is 0.0197. The Morgan fingerprint density at radius 1 is 0.757 bits per heavy atom. The molecule has 2 heterocycles. The van der Waals surface area contributed by atoms with Crippen molar-refractivity contribution < 1.29 is 45.7 Å². The molecule has 0 amide bonds. The van der Waals surface area contributed by atoms with Crippen LogP contribution in [0.15, 0.2) is 36.4 Å². The molecular weight excluding hydrogens is 508 g/mol. The summed E-state index contributed by atoms with van der Waals surface area (Å²) >= 11 is 0. The number of anilines is 2. The number of alkyl halides is 6. The van der Waals surface area contributed by atoms with E-state index in [4.69, 9.17) is 19.8 Å². The Balaban J connectivity index is 0.000000206. The predicted octanol–water partition coefficient (Wildman–Crippen LogP) is 4.65. The van der Waals surface area contributed by atoms with Gasteiger partial charge in [0.2, 0.25) is 0 Å². The fraction of sp³-hybridized carbons (Fsp3) is 0.417. The van der Waals surface area contributed by atoms with Crippen LogP contribution < -0.4 is 9.80 Å². The average Bonchev–Trinajstić information content (AvgIpc) is 2.88. The summed E-state index contributed by atoms with van der Waals surface area (Å²) in [5.41, 5.74) is -1.40. The summed E-state index contributed by atoms with van der Waals surface area (Å²) in [6, 6.07) is 8.04. The second-order valence-electron chi connectivity index (χ2n) is 8.15. The van der Waals surface area contributed by atoms with Crippen molar-refractivity contribution in [1.82, 2.24) is 0 Å². The van der Waals surface area contributed by atoms with E-state index in [9.17, 15) is 31.1 Å². The zero-order valence-corrected chi connectivity index (χ0v) is 19.4. The molecule has 7 nitrogen and oxygen atoms in total. The van der Waals surface area contributed by atoms with Crippen LogP contribution in [0.3, 0.4) is 0 Å². The smallest absolute Gasteiger partial charge is 0.416 e. The van der Waals surface area contributed by atoms with Crippen LogP contribution in [-0.4, -0.2) is 63.7 Å². The number of morpholine rings is 2. The molecule has 0 aliphatic carbocycles. The Kier molecular flexibility index (Phi) is 8.88. The van der Waals surface area contributed by atoms with Crippen molar-refractivity contribution in [2.45, 2.75) is 12.4 Å². The first-order valence-corrected chi connectivity index (χ1v) is 11.1. The molecule has 200 valence electrons. The maximum Gasteiger partial charge on any atom is 0.416 e. The van der Waals surface area contributed by atoms with Crippen molar-refractivity contribution in [1.29, 1.82) is 5.26 Å².